The van der Waals surface area contributed by atoms with E-state index in [9.17, 15) is 13.0 Å². The molecule has 0 spiro atoms. The third-order valence-electron chi connectivity index (χ3n) is 3.99. The minimum atomic E-state index is -4.37. The maximum atomic E-state index is 11.1. The molecule has 0 radical (unpaired) electrons. The molecule has 0 N–H and O–H groups in total. The van der Waals surface area contributed by atoms with Gasteiger partial charge < -0.3 is 9.29 Å². The molecule has 19 heavy (non-hydrogen) atoms. The third-order valence-corrected chi connectivity index (χ3v) is 4.82. The second-order valence-electron chi connectivity index (χ2n) is 5.18. The van der Waals surface area contributed by atoms with Gasteiger partial charge in [-0.25, -0.2) is 8.42 Å². The smallest absolute Gasteiger partial charge is 0.124 e. The first-order valence-corrected chi connectivity index (χ1v) is 7.92. The maximum Gasteiger partial charge on any atom is 0.124 e. The van der Waals surface area contributed by atoms with Crippen LogP contribution in [0.25, 0.3) is 0 Å². The van der Waals surface area contributed by atoms with Crippen LogP contribution in [-0.2, 0) is 14.9 Å². The highest BCUT2D eigenvalue weighted by atomic mass is 32.2. The highest BCUT2D eigenvalue weighted by Gasteiger charge is 2.23. The fraction of sp³-hybridized carbons (Fsp3) is 0.571. The molecule has 2 rings (SSSR count). The summed E-state index contributed by atoms with van der Waals surface area (Å²) in [6.07, 6.45) is 4.22. The van der Waals surface area contributed by atoms with Crippen molar-refractivity contribution in [2.24, 2.45) is 0 Å². The van der Waals surface area contributed by atoms with E-state index in [1.54, 1.807) is 19.2 Å². The molecule has 1 aliphatic carbocycles. The summed E-state index contributed by atoms with van der Waals surface area (Å²) in [5.74, 6) is 0.327. The van der Waals surface area contributed by atoms with Crippen LogP contribution >= 0.6 is 0 Å². The first-order valence-electron chi connectivity index (χ1n) is 6.51. The van der Waals surface area contributed by atoms with Crippen LogP contribution in [0.3, 0.4) is 0 Å². The molecule has 0 aromatic heterocycles. The van der Waals surface area contributed by atoms with Crippen LogP contribution < -0.4 is 0 Å². The first-order chi connectivity index (χ1) is 8.91. The second-order valence-corrected chi connectivity index (χ2v) is 6.56. The van der Waals surface area contributed by atoms with Gasteiger partial charge in [0.1, 0.15) is 10.1 Å². The predicted molar refractivity (Wildman–Crippen MR) is 71.1 cm³/mol. The van der Waals surface area contributed by atoms with Crippen LogP contribution in [0, 0.1) is 6.92 Å². The normalized spacial score (nSPS) is 24.4. The maximum absolute atomic E-state index is 11.1. The molecule has 106 valence electrons. The Bertz CT molecular complexity index is 543. The van der Waals surface area contributed by atoms with Crippen LogP contribution in [-0.4, -0.2) is 26.2 Å². The van der Waals surface area contributed by atoms with E-state index in [4.69, 9.17) is 4.74 Å². The summed E-state index contributed by atoms with van der Waals surface area (Å²) in [5, 5.41) is 0. The van der Waals surface area contributed by atoms with E-state index < -0.39 is 10.1 Å². The van der Waals surface area contributed by atoms with E-state index in [0.717, 1.165) is 36.8 Å². The number of ether oxygens (including phenoxy) is 1. The zero-order valence-electron chi connectivity index (χ0n) is 11.3. The van der Waals surface area contributed by atoms with E-state index in [-0.39, 0.29) is 4.90 Å². The number of aryl methyl sites for hydroxylation is 1. The second kappa shape index (κ2) is 5.61. The molecule has 1 aromatic carbocycles. The molecule has 0 bridgehead atoms. The Morgan fingerprint density at radius 3 is 2.37 bits per heavy atom. The molecule has 1 saturated carbocycles. The van der Waals surface area contributed by atoms with Crippen molar-refractivity contribution < 1.29 is 17.7 Å². The molecule has 1 aliphatic rings. The van der Waals surface area contributed by atoms with Gasteiger partial charge in [0, 0.05) is 7.11 Å². The Balaban J connectivity index is 2.25. The van der Waals surface area contributed by atoms with Crippen molar-refractivity contribution in [3.8, 4) is 0 Å². The topological polar surface area (TPSA) is 66.4 Å². The molecule has 1 aromatic rings. The minimum Gasteiger partial charge on any atom is -0.744 e. The average molecular weight is 283 g/mol. The molecule has 5 heteroatoms. The van der Waals surface area contributed by atoms with E-state index in [1.165, 1.54) is 6.07 Å². The lowest BCUT2D eigenvalue weighted by Crippen LogP contribution is -2.20. The van der Waals surface area contributed by atoms with Crippen molar-refractivity contribution in [3.05, 3.63) is 29.3 Å². The summed E-state index contributed by atoms with van der Waals surface area (Å²) < 4.78 is 38.6. The Morgan fingerprint density at radius 1 is 1.21 bits per heavy atom. The zero-order valence-corrected chi connectivity index (χ0v) is 12.1. The molecule has 0 atom stereocenters. The molecule has 4 nitrogen and oxygen atoms in total. The van der Waals surface area contributed by atoms with Gasteiger partial charge in [0.05, 0.1) is 11.0 Å². The van der Waals surface area contributed by atoms with Crippen molar-refractivity contribution >= 4 is 10.1 Å². The standard InChI is InChI=1S/C14H20O4S/c1-10-3-8-13(19(15,16)17)9-14(10)11-4-6-12(18-2)7-5-11/h3,8-9,11-12H,4-7H2,1-2H3,(H,15,16,17)/p-1. The van der Waals surface area contributed by atoms with Gasteiger partial charge in [-0.3, -0.25) is 0 Å². The number of rotatable bonds is 3. The summed E-state index contributed by atoms with van der Waals surface area (Å²) in [5.41, 5.74) is 2.04. The molecule has 0 saturated heterocycles. The SMILES string of the molecule is COC1CCC(c2cc(S(=O)(=O)[O-])ccc2C)CC1. The number of benzene rings is 1. The number of methoxy groups -OCH3 is 1. The van der Waals surface area contributed by atoms with E-state index in [1.807, 2.05) is 6.92 Å². The molecule has 0 amide bonds. The monoisotopic (exact) mass is 283 g/mol. The Labute approximate surface area is 114 Å². The van der Waals surface area contributed by atoms with Gasteiger partial charge in [-0.1, -0.05) is 6.07 Å². The van der Waals surface area contributed by atoms with Gasteiger partial charge in [0.2, 0.25) is 0 Å². The van der Waals surface area contributed by atoms with Gasteiger partial charge in [-0.05, 0) is 61.8 Å². The average Bonchev–Trinajstić information content (AvgIpc) is 2.38. The molecule has 0 unspecified atom stereocenters. The van der Waals surface area contributed by atoms with E-state index >= 15 is 0 Å². The van der Waals surface area contributed by atoms with Gasteiger partial charge >= 0.3 is 0 Å². The summed E-state index contributed by atoms with van der Waals surface area (Å²) >= 11 is 0. The summed E-state index contributed by atoms with van der Waals surface area (Å²) in [6.45, 7) is 1.96. The molecule has 0 aliphatic heterocycles. The number of hydrogen-bond acceptors (Lipinski definition) is 4. The quantitative estimate of drug-likeness (QED) is 0.800. The van der Waals surface area contributed by atoms with Crippen LogP contribution in [0.4, 0.5) is 0 Å². The highest BCUT2D eigenvalue weighted by Crippen LogP contribution is 2.36. The Morgan fingerprint density at radius 2 is 1.84 bits per heavy atom. The van der Waals surface area contributed by atoms with Gasteiger partial charge in [-0.15, -0.1) is 0 Å². The van der Waals surface area contributed by atoms with Crippen molar-refractivity contribution in [1.29, 1.82) is 0 Å². The Hall–Kier alpha value is -0.910. The van der Waals surface area contributed by atoms with Crippen LogP contribution in [0.1, 0.15) is 42.7 Å². The third kappa shape index (κ3) is 3.35. The summed E-state index contributed by atoms with van der Waals surface area (Å²) in [6, 6.07) is 4.67. The molecular weight excluding hydrogens is 264 g/mol. The lowest BCUT2D eigenvalue weighted by atomic mass is 9.81. The minimum absolute atomic E-state index is 0.123. The molecule has 0 heterocycles. The number of hydrogen-bond donors (Lipinski definition) is 0. The summed E-state index contributed by atoms with van der Waals surface area (Å²) in [4.78, 5) is -0.123. The fourth-order valence-corrected chi connectivity index (χ4v) is 3.33. The van der Waals surface area contributed by atoms with Crippen molar-refractivity contribution in [1.82, 2.24) is 0 Å². The van der Waals surface area contributed by atoms with E-state index in [2.05, 4.69) is 0 Å². The van der Waals surface area contributed by atoms with Crippen LogP contribution in [0.15, 0.2) is 23.1 Å². The van der Waals surface area contributed by atoms with Gasteiger partial charge in [0.25, 0.3) is 0 Å². The van der Waals surface area contributed by atoms with Crippen molar-refractivity contribution in [3.63, 3.8) is 0 Å². The van der Waals surface area contributed by atoms with Gasteiger partial charge in [-0.2, -0.15) is 0 Å². The van der Waals surface area contributed by atoms with Crippen LogP contribution in [0.2, 0.25) is 0 Å². The van der Waals surface area contributed by atoms with Gasteiger partial charge in [0.15, 0.2) is 0 Å². The fourth-order valence-electron chi connectivity index (χ4n) is 2.82. The van der Waals surface area contributed by atoms with Crippen molar-refractivity contribution in [2.45, 2.75) is 49.5 Å². The molecule has 1 fully saturated rings. The largest absolute Gasteiger partial charge is 0.744 e. The Kier molecular flexibility index (Phi) is 4.28. The van der Waals surface area contributed by atoms with Crippen LogP contribution in [0.5, 0.6) is 0 Å². The predicted octanol–water partition coefficient (Wildman–Crippen LogP) is 2.57. The summed E-state index contributed by atoms with van der Waals surface area (Å²) in [7, 11) is -2.65. The first kappa shape index (κ1) is 14.5. The molecular formula is C14H19O4S-. The highest BCUT2D eigenvalue weighted by molar-refractivity contribution is 7.85. The lowest BCUT2D eigenvalue weighted by molar-refractivity contribution is 0.0658. The van der Waals surface area contributed by atoms with Crippen molar-refractivity contribution in [2.75, 3.05) is 7.11 Å². The zero-order chi connectivity index (χ0) is 14.0. The lowest BCUT2D eigenvalue weighted by Gasteiger charge is -2.29. The van der Waals surface area contributed by atoms with E-state index in [0.29, 0.717) is 12.0 Å².